The van der Waals surface area contributed by atoms with Crippen LogP contribution in [0.25, 0.3) is 0 Å². The molecule has 3 nitrogen and oxygen atoms in total. The molecule has 2 aromatic carbocycles. The molecule has 1 spiro atoms. The van der Waals surface area contributed by atoms with Gasteiger partial charge >= 0.3 is 0 Å². The Morgan fingerprint density at radius 2 is 1.73 bits per heavy atom. The van der Waals surface area contributed by atoms with Crippen LogP contribution in [0, 0.1) is 5.41 Å². The lowest BCUT2D eigenvalue weighted by molar-refractivity contribution is 0.0284. The van der Waals surface area contributed by atoms with Crippen LogP contribution in [0.3, 0.4) is 0 Å². The first-order valence-corrected chi connectivity index (χ1v) is 8.93. The largest absolute Gasteiger partial charge is 0.489 e. The number of piperidine rings is 1. The average Bonchev–Trinajstić information content (AvgIpc) is 3.20. The molecule has 5 heteroatoms. The van der Waals surface area contributed by atoms with E-state index in [0.717, 1.165) is 5.56 Å². The summed E-state index contributed by atoms with van der Waals surface area (Å²) in [6.45, 7) is 1.22. The number of hydrogen-bond donors (Lipinski definition) is 0. The van der Waals surface area contributed by atoms with Crippen molar-refractivity contribution in [3.8, 4) is 5.75 Å². The molecule has 2 aromatic rings. The fourth-order valence-corrected chi connectivity index (χ4v) is 3.70. The van der Waals surface area contributed by atoms with Crippen molar-refractivity contribution in [3.05, 3.63) is 65.7 Å². The maximum Gasteiger partial charge on any atom is 0.254 e. The molecular weight excluding hydrogens is 336 g/mol. The van der Waals surface area contributed by atoms with E-state index in [-0.39, 0.29) is 12.3 Å². The Balaban J connectivity index is 1.38. The summed E-state index contributed by atoms with van der Waals surface area (Å²) in [4.78, 5) is 14.4. The van der Waals surface area contributed by atoms with E-state index in [0.29, 0.717) is 43.9 Å². The summed E-state index contributed by atoms with van der Waals surface area (Å²) >= 11 is 0. The quantitative estimate of drug-likeness (QED) is 0.805. The number of ether oxygens (including phenoxy) is 1. The van der Waals surface area contributed by atoms with E-state index in [1.165, 1.54) is 0 Å². The first-order valence-electron chi connectivity index (χ1n) is 8.93. The molecule has 0 unspecified atom stereocenters. The highest BCUT2D eigenvalue weighted by molar-refractivity contribution is 5.94. The minimum absolute atomic E-state index is 0.0230. The molecule has 2 aliphatic rings. The molecule has 0 aromatic heterocycles. The normalized spacial score (nSPS) is 20.0. The first kappa shape index (κ1) is 17.0. The highest BCUT2D eigenvalue weighted by atomic mass is 19.3. The average molecular weight is 357 g/mol. The van der Waals surface area contributed by atoms with Gasteiger partial charge in [0, 0.05) is 30.5 Å². The molecule has 0 N–H and O–H groups in total. The number of halogens is 2. The number of amides is 1. The highest BCUT2D eigenvalue weighted by Gasteiger charge is 2.70. The zero-order chi connectivity index (χ0) is 18.2. The lowest BCUT2D eigenvalue weighted by Gasteiger charge is -2.32. The minimum Gasteiger partial charge on any atom is -0.489 e. The monoisotopic (exact) mass is 357 g/mol. The van der Waals surface area contributed by atoms with Gasteiger partial charge in [-0.1, -0.05) is 36.4 Å². The predicted octanol–water partition coefficient (Wildman–Crippen LogP) is 4.53. The van der Waals surface area contributed by atoms with Gasteiger partial charge in [-0.15, -0.1) is 0 Å². The summed E-state index contributed by atoms with van der Waals surface area (Å²) in [7, 11) is 0. The molecule has 0 radical (unpaired) electrons. The molecule has 1 amide bonds. The standard InChI is InChI=1S/C21H21F2NO2/c22-21(23)15-20(21)9-11-24(12-10-20)19(25)17-7-4-8-18(13-17)26-14-16-5-2-1-3-6-16/h1-8,13H,9-12,14-15H2. The summed E-state index contributed by atoms with van der Waals surface area (Å²) < 4.78 is 32.7. The van der Waals surface area contributed by atoms with Gasteiger partial charge in [-0.05, 0) is 36.6 Å². The van der Waals surface area contributed by atoms with Gasteiger partial charge in [-0.2, -0.15) is 0 Å². The third kappa shape index (κ3) is 3.18. The number of likely N-dealkylation sites (tertiary alicyclic amines) is 1. The SMILES string of the molecule is O=C(c1cccc(OCc2ccccc2)c1)N1CCC2(CC1)CC2(F)F. The molecule has 1 heterocycles. The maximum atomic E-state index is 13.5. The minimum atomic E-state index is -2.53. The van der Waals surface area contributed by atoms with Crippen molar-refractivity contribution in [3.63, 3.8) is 0 Å². The Bertz CT molecular complexity index is 799. The van der Waals surface area contributed by atoms with E-state index in [2.05, 4.69) is 0 Å². The Hall–Kier alpha value is -2.43. The topological polar surface area (TPSA) is 29.5 Å². The number of hydrogen-bond acceptors (Lipinski definition) is 2. The van der Waals surface area contributed by atoms with Gasteiger partial charge in [0.05, 0.1) is 0 Å². The highest BCUT2D eigenvalue weighted by Crippen LogP contribution is 2.65. The van der Waals surface area contributed by atoms with Crippen LogP contribution in [0.4, 0.5) is 8.78 Å². The van der Waals surface area contributed by atoms with E-state index in [1.54, 1.807) is 23.1 Å². The molecule has 1 saturated carbocycles. The van der Waals surface area contributed by atoms with Crippen LogP contribution in [0.1, 0.15) is 35.2 Å². The second-order valence-electron chi connectivity index (χ2n) is 7.26. The van der Waals surface area contributed by atoms with Crippen molar-refractivity contribution in [2.75, 3.05) is 13.1 Å². The van der Waals surface area contributed by atoms with Crippen LogP contribution in [-0.2, 0) is 6.61 Å². The van der Waals surface area contributed by atoms with E-state index in [4.69, 9.17) is 4.74 Å². The second kappa shape index (κ2) is 6.38. The van der Waals surface area contributed by atoms with Gasteiger partial charge in [-0.25, -0.2) is 8.78 Å². The van der Waals surface area contributed by atoms with Gasteiger partial charge in [0.2, 0.25) is 0 Å². The molecule has 4 rings (SSSR count). The van der Waals surface area contributed by atoms with Crippen molar-refractivity contribution >= 4 is 5.91 Å². The van der Waals surface area contributed by atoms with Gasteiger partial charge < -0.3 is 9.64 Å². The fourth-order valence-electron chi connectivity index (χ4n) is 3.70. The summed E-state index contributed by atoms with van der Waals surface area (Å²) in [5.74, 6) is -2.02. The van der Waals surface area contributed by atoms with Crippen LogP contribution >= 0.6 is 0 Å². The number of carbonyl (C=O) groups is 1. The van der Waals surface area contributed by atoms with E-state index < -0.39 is 11.3 Å². The molecule has 1 aliphatic carbocycles. The molecule has 136 valence electrons. The smallest absolute Gasteiger partial charge is 0.254 e. The van der Waals surface area contributed by atoms with Crippen LogP contribution in [-0.4, -0.2) is 29.8 Å². The number of alkyl halides is 2. The zero-order valence-electron chi connectivity index (χ0n) is 14.5. The summed E-state index contributed by atoms with van der Waals surface area (Å²) in [5.41, 5.74) is 0.745. The van der Waals surface area contributed by atoms with Gasteiger partial charge in [0.1, 0.15) is 12.4 Å². The number of rotatable bonds is 4. The lowest BCUT2D eigenvalue weighted by Crippen LogP contribution is -2.40. The van der Waals surface area contributed by atoms with Crippen molar-refractivity contribution < 1.29 is 18.3 Å². The first-order chi connectivity index (χ1) is 12.5. The third-order valence-corrected chi connectivity index (χ3v) is 5.55. The number of benzene rings is 2. The Morgan fingerprint density at radius 1 is 1.04 bits per heavy atom. The number of carbonyl (C=O) groups excluding carboxylic acids is 1. The van der Waals surface area contributed by atoms with Crippen LogP contribution in [0.5, 0.6) is 5.75 Å². The maximum absolute atomic E-state index is 13.5. The fraction of sp³-hybridized carbons (Fsp3) is 0.381. The summed E-state index contributed by atoms with van der Waals surface area (Å²) in [5, 5.41) is 0. The molecule has 2 fully saturated rings. The van der Waals surface area contributed by atoms with Gasteiger partial charge in [0.15, 0.2) is 0 Å². The molecule has 26 heavy (non-hydrogen) atoms. The molecule has 0 bridgehead atoms. The Labute approximate surface area is 151 Å². The second-order valence-corrected chi connectivity index (χ2v) is 7.26. The summed E-state index contributed by atoms with van der Waals surface area (Å²) in [6, 6.07) is 16.9. The molecule has 0 atom stereocenters. The Morgan fingerprint density at radius 3 is 2.38 bits per heavy atom. The Kier molecular flexibility index (Phi) is 4.17. The van der Waals surface area contributed by atoms with Gasteiger partial charge in [0.25, 0.3) is 11.8 Å². The van der Waals surface area contributed by atoms with E-state index >= 15 is 0 Å². The van der Waals surface area contributed by atoms with E-state index in [1.807, 2.05) is 36.4 Å². The van der Waals surface area contributed by atoms with Crippen molar-refractivity contribution in [2.45, 2.75) is 31.8 Å². The lowest BCUT2D eigenvalue weighted by atomic mass is 9.92. The van der Waals surface area contributed by atoms with Crippen LogP contribution < -0.4 is 4.74 Å². The van der Waals surface area contributed by atoms with Crippen molar-refractivity contribution in [1.82, 2.24) is 4.90 Å². The molecular formula is C21H21F2NO2. The molecule has 1 saturated heterocycles. The van der Waals surface area contributed by atoms with Gasteiger partial charge in [-0.3, -0.25) is 4.79 Å². The van der Waals surface area contributed by atoms with Crippen molar-refractivity contribution in [1.29, 1.82) is 0 Å². The number of nitrogens with zero attached hydrogens (tertiary/aromatic N) is 1. The van der Waals surface area contributed by atoms with E-state index in [9.17, 15) is 13.6 Å². The van der Waals surface area contributed by atoms with Crippen molar-refractivity contribution in [2.24, 2.45) is 5.41 Å². The van der Waals surface area contributed by atoms with Crippen LogP contribution in [0.15, 0.2) is 54.6 Å². The predicted molar refractivity (Wildman–Crippen MR) is 94.4 cm³/mol. The third-order valence-electron chi connectivity index (χ3n) is 5.55. The molecule has 1 aliphatic heterocycles. The van der Waals surface area contributed by atoms with Crippen LogP contribution in [0.2, 0.25) is 0 Å². The zero-order valence-corrected chi connectivity index (χ0v) is 14.5. The summed E-state index contributed by atoms with van der Waals surface area (Å²) in [6.07, 6.45) is 0.747.